The lowest BCUT2D eigenvalue weighted by Crippen LogP contribution is -2.38. The predicted octanol–water partition coefficient (Wildman–Crippen LogP) is 1.68. The van der Waals surface area contributed by atoms with Crippen LogP contribution in [0.3, 0.4) is 0 Å². The van der Waals surface area contributed by atoms with Crippen LogP contribution in [0.1, 0.15) is 44.9 Å². The summed E-state index contributed by atoms with van der Waals surface area (Å²) in [4.78, 5) is 4.84. The molecule has 0 spiro atoms. The molecule has 0 aromatic heterocycles. The molecule has 0 aliphatic carbocycles. The highest BCUT2D eigenvalue weighted by atomic mass is 16.6. The van der Waals surface area contributed by atoms with E-state index in [-0.39, 0.29) is 0 Å². The molecular formula is C15H30N2O2. The average Bonchev–Trinajstić information content (AvgIpc) is 2.46. The first-order valence-electron chi connectivity index (χ1n) is 8.09. The van der Waals surface area contributed by atoms with Crippen molar-refractivity contribution in [2.24, 2.45) is 0 Å². The van der Waals surface area contributed by atoms with E-state index >= 15 is 0 Å². The molecule has 112 valence electrons. The molecule has 2 aliphatic heterocycles. The molecule has 1 unspecified atom stereocenters. The number of aliphatic hydroxyl groups is 1. The Kier molecular flexibility index (Phi) is 7.14. The maximum atomic E-state index is 9.86. The van der Waals surface area contributed by atoms with E-state index in [0.29, 0.717) is 13.2 Å². The summed E-state index contributed by atoms with van der Waals surface area (Å²) in [6.07, 6.45) is 8.39. The summed E-state index contributed by atoms with van der Waals surface area (Å²) in [5, 5.41) is 9.86. The van der Waals surface area contributed by atoms with Gasteiger partial charge in [0.25, 0.3) is 0 Å². The van der Waals surface area contributed by atoms with Gasteiger partial charge in [-0.2, -0.15) is 0 Å². The van der Waals surface area contributed by atoms with Crippen molar-refractivity contribution in [2.75, 3.05) is 45.9 Å². The van der Waals surface area contributed by atoms with Gasteiger partial charge in [-0.1, -0.05) is 12.8 Å². The van der Waals surface area contributed by atoms with E-state index in [1.807, 2.05) is 0 Å². The zero-order valence-electron chi connectivity index (χ0n) is 12.2. The monoisotopic (exact) mass is 270 g/mol. The second-order valence-corrected chi connectivity index (χ2v) is 5.94. The Morgan fingerprint density at radius 2 is 1.42 bits per heavy atom. The minimum absolute atomic E-state index is 0.598. The first-order chi connectivity index (χ1) is 9.34. The van der Waals surface area contributed by atoms with Crippen molar-refractivity contribution in [3.63, 3.8) is 0 Å². The van der Waals surface area contributed by atoms with Crippen LogP contribution in [-0.2, 0) is 4.74 Å². The van der Waals surface area contributed by atoms with E-state index in [9.17, 15) is 5.11 Å². The third-order valence-corrected chi connectivity index (χ3v) is 4.24. The average molecular weight is 270 g/mol. The molecule has 4 heteroatoms. The number of β-amino-alcohol motifs (C(OH)–C–C–N with tert-alkyl or cyclic N) is 1. The highest BCUT2D eigenvalue weighted by Gasteiger charge is 2.15. The van der Waals surface area contributed by atoms with Crippen molar-refractivity contribution in [1.82, 2.24) is 9.80 Å². The SMILES string of the molecule is OC(CN1CCCCC1)OCCCN1CCCCC1. The molecular weight excluding hydrogens is 240 g/mol. The van der Waals surface area contributed by atoms with Crippen LogP contribution in [0.25, 0.3) is 0 Å². The molecule has 2 aliphatic rings. The van der Waals surface area contributed by atoms with Crippen molar-refractivity contribution < 1.29 is 9.84 Å². The van der Waals surface area contributed by atoms with Crippen LogP contribution in [-0.4, -0.2) is 67.1 Å². The molecule has 1 N–H and O–H groups in total. The van der Waals surface area contributed by atoms with Gasteiger partial charge in [-0.25, -0.2) is 0 Å². The highest BCUT2D eigenvalue weighted by molar-refractivity contribution is 4.66. The molecule has 2 saturated heterocycles. The molecule has 0 amide bonds. The normalized spacial score (nSPS) is 24.5. The van der Waals surface area contributed by atoms with Crippen LogP contribution in [0.2, 0.25) is 0 Å². The summed E-state index contributed by atoms with van der Waals surface area (Å²) in [7, 11) is 0. The maximum Gasteiger partial charge on any atom is 0.167 e. The van der Waals surface area contributed by atoms with E-state index in [2.05, 4.69) is 9.80 Å². The lowest BCUT2D eigenvalue weighted by atomic mass is 10.1. The smallest absolute Gasteiger partial charge is 0.167 e. The van der Waals surface area contributed by atoms with Crippen LogP contribution in [0.5, 0.6) is 0 Å². The predicted molar refractivity (Wildman–Crippen MR) is 77.2 cm³/mol. The maximum absolute atomic E-state index is 9.86. The first kappa shape index (κ1) is 15.2. The summed E-state index contributed by atoms with van der Waals surface area (Å²) in [5.41, 5.74) is 0. The quantitative estimate of drug-likeness (QED) is 0.564. The van der Waals surface area contributed by atoms with Crippen molar-refractivity contribution in [2.45, 2.75) is 51.2 Å². The van der Waals surface area contributed by atoms with Gasteiger partial charge in [0.2, 0.25) is 0 Å². The van der Waals surface area contributed by atoms with Gasteiger partial charge in [0.15, 0.2) is 6.29 Å². The topological polar surface area (TPSA) is 35.9 Å². The molecule has 1 atom stereocenters. The standard InChI is InChI=1S/C15H30N2O2/c18-15(14-17-10-5-2-6-11-17)19-13-7-12-16-8-3-1-4-9-16/h15,18H,1-14H2. The molecule has 0 bridgehead atoms. The van der Waals surface area contributed by atoms with E-state index in [0.717, 1.165) is 26.1 Å². The fraction of sp³-hybridized carbons (Fsp3) is 1.00. The Labute approximate surface area is 117 Å². The molecule has 2 heterocycles. The second kappa shape index (κ2) is 8.90. The third kappa shape index (κ3) is 6.21. The number of aliphatic hydroxyl groups excluding tert-OH is 1. The third-order valence-electron chi connectivity index (χ3n) is 4.24. The van der Waals surface area contributed by atoms with E-state index in [4.69, 9.17) is 4.74 Å². The first-order valence-corrected chi connectivity index (χ1v) is 8.09. The number of ether oxygens (including phenoxy) is 1. The summed E-state index contributed by atoms with van der Waals surface area (Å²) >= 11 is 0. The van der Waals surface area contributed by atoms with Gasteiger partial charge in [0, 0.05) is 13.1 Å². The van der Waals surface area contributed by atoms with Crippen LogP contribution >= 0.6 is 0 Å². The molecule has 2 fully saturated rings. The number of piperidine rings is 2. The Bertz CT molecular complexity index is 226. The number of hydrogen-bond acceptors (Lipinski definition) is 4. The van der Waals surface area contributed by atoms with Crippen molar-refractivity contribution in [1.29, 1.82) is 0 Å². The molecule has 0 radical (unpaired) electrons. The van der Waals surface area contributed by atoms with Crippen LogP contribution < -0.4 is 0 Å². The summed E-state index contributed by atoms with van der Waals surface area (Å²) < 4.78 is 5.52. The zero-order valence-corrected chi connectivity index (χ0v) is 12.2. The number of likely N-dealkylation sites (tertiary alicyclic amines) is 2. The molecule has 2 rings (SSSR count). The van der Waals surface area contributed by atoms with E-state index in [1.165, 1.54) is 51.6 Å². The fourth-order valence-corrected chi connectivity index (χ4v) is 3.11. The molecule has 4 nitrogen and oxygen atoms in total. The van der Waals surface area contributed by atoms with Gasteiger partial charge < -0.3 is 14.7 Å². The second-order valence-electron chi connectivity index (χ2n) is 5.94. The largest absolute Gasteiger partial charge is 0.367 e. The highest BCUT2D eigenvalue weighted by Crippen LogP contribution is 2.10. The molecule has 0 aromatic carbocycles. The lowest BCUT2D eigenvalue weighted by molar-refractivity contribution is -0.116. The van der Waals surface area contributed by atoms with E-state index < -0.39 is 6.29 Å². The Balaban J connectivity index is 1.47. The summed E-state index contributed by atoms with van der Waals surface area (Å²) in [6, 6.07) is 0. The Morgan fingerprint density at radius 1 is 0.842 bits per heavy atom. The number of nitrogens with zero attached hydrogens (tertiary/aromatic N) is 2. The van der Waals surface area contributed by atoms with Crippen LogP contribution in [0, 0.1) is 0 Å². The molecule has 0 aromatic rings. The van der Waals surface area contributed by atoms with Gasteiger partial charge >= 0.3 is 0 Å². The fourth-order valence-electron chi connectivity index (χ4n) is 3.11. The van der Waals surface area contributed by atoms with Crippen molar-refractivity contribution in [3.05, 3.63) is 0 Å². The summed E-state index contributed by atoms with van der Waals surface area (Å²) in [6.45, 7) is 7.22. The Morgan fingerprint density at radius 3 is 2.05 bits per heavy atom. The van der Waals surface area contributed by atoms with Crippen LogP contribution in [0.15, 0.2) is 0 Å². The number of rotatable bonds is 7. The van der Waals surface area contributed by atoms with Gasteiger partial charge in [-0.15, -0.1) is 0 Å². The minimum atomic E-state index is -0.598. The van der Waals surface area contributed by atoms with E-state index in [1.54, 1.807) is 0 Å². The molecule has 0 saturated carbocycles. The van der Waals surface area contributed by atoms with Gasteiger partial charge in [-0.05, 0) is 58.3 Å². The van der Waals surface area contributed by atoms with Crippen molar-refractivity contribution in [3.8, 4) is 0 Å². The zero-order chi connectivity index (χ0) is 13.3. The van der Waals surface area contributed by atoms with Crippen LogP contribution in [0.4, 0.5) is 0 Å². The van der Waals surface area contributed by atoms with Gasteiger partial charge in [-0.3, -0.25) is 4.90 Å². The van der Waals surface area contributed by atoms with Gasteiger partial charge in [0.05, 0.1) is 6.61 Å². The van der Waals surface area contributed by atoms with Gasteiger partial charge in [0.1, 0.15) is 0 Å². The summed E-state index contributed by atoms with van der Waals surface area (Å²) in [5.74, 6) is 0. The lowest BCUT2D eigenvalue weighted by Gasteiger charge is -2.29. The molecule has 19 heavy (non-hydrogen) atoms. The van der Waals surface area contributed by atoms with Crippen molar-refractivity contribution >= 4 is 0 Å². The minimum Gasteiger partial charge on any atom is -0.367 e. The number of hydrogen-bond donors (Lipinski definition) is 1. The Hall–Kier alpha value is -0.160.